The SMILES string of the molecule is CCN(C(=O)c1ccc(Cl)cc1)C(c1ccccc1)c1ccccc1. The molecule has 25 heavy (non-hydrogen) atoms. The van der Waals surface area contributed by atoms with E-state index in [2.05, 4.69) is 24.3 Å². The molecule has 0 N–H and O–H groups in total. The summed E-state index contributed by atoms with van der Waals surface area (Å²) in [5.41, 5.74) is 2.83. The predicted molar refractivity (Wildman–Crippen MR) is 103 cm³/mol. The molecule has 3 rings (SSSR count). The fourth-order valence-corrected chi connectivity index (χ4v) is 3.15. The molecular formula is C22H20ClNO. The second-order valence-electron chi connectivity index (χ2n) is 5.82. The van der Waals surface area contributed by atoms with Crippen LogP contribution in [0.15, 0.2) is 84.9 Å². The van der Waals surface area contributed by atoms with Crippen LogP contribution in [0.4, 0.5) is 0 Å². The molecular weight excluding hydrogens is 330 g/mol. The average molecular weight is 350 g/mol. The molecule has 0 radical (unpaired) electrons. The van der Waals surface area contributed by atoms with Crippen LogP contribution in [0.3, 0.4) is 0 Å². The number of hydrogen-bond donors (Lipinski definition) is 0. The molecule has 126 valence electrons. The summed E-state index contributed by atoms with van der Waals surface area (Å²) in [5.74, 6) is -0.00290. The lowest BCUT2D eigenvalue weighted by Crippen LogP contribution is -2.35. The maximum Gasteiger partial charge on any atom is 0.254 e. The van der Waals surface area contributed by atoms with E-state index in [9.17, 15) is 4.79 Å². The number of benzene rings is 3. The van der Waals surface area contributed by atoms with Gasteiger partial charge < -0.3 is 4.90 Å². The highest BCUT2D eigenvalue weighted by Crippen LogP contribution is 2.30. The molecule has 0 atom stereocenters. The monoisotopic (exact) mass is 349 g/mol. The van der Waals surface area contributed by atoms with Gasteiger partial charge in [0.15, 0.2) is 0 Å². The van der Waals surface area contributed by atoms with E-state index in [1.807, 2.05) is 48.2 Å². The number of carbonyl (C=O) groups excluding carboxylic acids is 1. The molecule has 0 aliphatic heterocycles. The standard InChI is InChI=1S/C22H20ClNO/c1-2-24(22(25)19-13-15-20(23)16-14-19)21(17-9-5-3-6-10-17)18-11-7-4-8-12-18/h3-16,21H,2H2,1H3. The Morgan fingerprint density at radius 1 is 0.840 bits per heavy atom. The van der Waals surface area contributed by atoms with Gasteiger partial charge in [-0.05, 0) is 42.3 Å². The van der Waals surface area contributed by atoms with Gasteiger partial charge in [0.05, 0.1) is 6.04 Å². The number of nitrogens with zero attached hydrogens (tertiary/aromatic N) is 1. The Balaban J connectivity index is 2.04. The molecule has 0 aromatic heterocycles. The van der Waals surface area contributed by atoms with Crippen molar-refractivity contribution in [1.29, 1.82) is 0 Å². The zero-order chi connectivity index (χ0) is 17.6. The van der Waals surface area contributed by atoms with Gasteiger partial charge in [-0.15, -0.1) is 0 Å². The summed E-state index contributed by atoms with van der Waals surface area (Å²) >= 11 is 5.96. The summed E-state index contributed by atoms with van der Waals surface area (Å²) in [7, 11) is 0. The van der Waals surface area contributed by atoms with Crippen molar-refractivity contribution in [1.82, 2.24) is 4.90 Å². The van der Waals surface area contributed by atoms with E-state index >= 15 is 0 Å². The molecule has 0 aliphatic rings. The minimum atomic E-state index is -0.129. The van der Waals surface area contributed by atoms with Crippen molar-refractivity contribution in [2.75, 3.05) is 6.54 Å². The molecule has 3 aromatic rings. The lowest BCUT2D eigenvalue weighted by molar-refractivity contribution is 0.0717. The van der Waals surface area contributed by atoms with Gasteiger partial charge in [-0.2, -0.15) is 0 Å². The highest BCUT2D eigenvalue weighted by molar-refractivity contribution is 6.30. The number of halogens is 1. The van der Waals surface area contributed by atoms with Crippen LogP contribution in [0.25, 0.3) is 0 Å². The molecule has 0 unspecified atom stereocenters. The van der Waals surface area contributed by atoms with Crippen LogP contribution in [0, 0.1) is 0 Å². The summed E-state index contributed by atoms with van der Waals surface area (Å²) in [5, 5.41) is 0.627. The molecule has 3 heteroatoms. The number of carbonyl (C=O) groups is 1. The van der Waals surface area contributed by atoms with Gasteiger partial charge in [0.2, 0.25) is 0 Å². The molecule has 0 saturated heterocycles. The van der Waals surface area contributed by atoms with Crippen LogP contribution in [-0.4, -0.2) is 17.4 Å². The minimum absolute atomic E-state index is 0.00290. The van der Waals surface area contributed by atoms with Crippen LogP contribution >= 0.6 is 11.6 Å². The molecule has 0 heterocycles. The molecule has 0 fully saturated rings. The van der Waals surface area contributed by atoms with Crippen molar-refractivity contribution in [2.24, 2.45) is 0 Å². The Hall–Kier alpha value is -2.58. The van der Waals surface area contributed by atoms with E-state index in [1.54, 1.807) is 24.3 Å². The third-order valence-electron chi connectivity index (χ3n) is 4.24. The average Bonchev–Trinajstić information content (AvgIpc) is 2.67. The van der Waals surface area contributed by atoms with Crippen molar-refractivity contribution in [3.8, 4) is 0 Å². The second-order valence-corrected chi connectivity index (χ2v) is 6.26. The number of rotatable bonds is 5. The molecule has 1 amide bonds. The Bertz CT molecular complexity index is 776. The fraction of sp³-hybridized carbons (Fsp3) is 0.136. The molecule has 0 bridgehead atoms. The summed E-state index contributed by atoms with van der Waals surface area (Å²) in [6.07, 6.45) is 0. The van der Waals surface area contributed by atoms with E-state index in [0.717, 1.165) is 11.1 Å². The number of hydrogen-bond acceptors (Lipinski definition) is 1. The highest BCUT2D eigenvalue weighted by atomic mass is 35.5. The van der Waals surface area contributed by atoms with Crippen LogP contribution in [0.5, 0.6) is 0 Å². The van der Waals surface area contributed by atoms with E-state index < -0.39 is 0 Å². The topological polar surface area (TPSA) is 20.3 Å². The van der Waals surface area contributed by atoms with Crippen molar-refractivity contribution in [3.05, 3.63) is 107 Å². The Morgan fingerprint density at radius 3 is 1.76 bits per heavy atom. The first-order chi connectivity index (χ1) is 12.2. The van der Waals surface area contributed by atoms with Crippen molar-refractivity contribution < 1.29 is 4.79 Å². The summed E-state index contributed by atoms with van der Waals surface area (Å²) in [4.78, 5) is 15.1. The normalized spacial score (nSPS) is 10.7. The zero-order valence-corrected chi connectivity index (χ0v) is 14.9. The first-order valence-electron chi connectivity index (χ1n) is 8.37. The van der Waals surface area contributed by atoms with Gasteiger partial charge in [0.1, 0.15) is 0 Å². The van der Waals surface area contributed by atoms with Gasteiger partial charge in [-0.3, -0.25) is 4.79 Å². The molecule has 3 aromatic carbocycles. The summed E-state index contributed by atoms with van der Waals surface area (Å²) in [6.45, 7) is 2.61. The first-order valence-corrected chi connectivity index (χ1v) is 8.75. The predicted octanol–water partition coefficient (Wildman–Crippen LogP) is 5.59. The van der Waals surface area contributed by atoms with Crippen LogP contribution < -0.4 is 0 Å². The smallest absolute Gasteiger partial charge is 0.254 e. The minimum Gasteiger partial charge on any atom is -0.328 e. The Kier molecular flexibility index (Phi) is 5.52. The third-order valence-corrected chi connectivity index (χ3v) is 4.49. The second kappa shape index (κ2) is 8.00. The third kappa shape index (κ3) is 3.92. The van der Waals surface area contributed by atoms with Crippen LogP contribution in [-0.2, 0) is 0 Å². The lowest BCUT2D eigenvalue weighted by atomic mass is 9.96. The Morgan fingerprint density at radius 2 is 1.32 bits per heavy atom. The maximum atomic E-state index is 13.2. The van der Waals surface area contributed by atoms with Gasteiger partial charge in [-0.1, -0.05) is 72.3 Å². The van der Waals surface area contributed by atoms with Crippen LogP contribution in [0.1, 0.15) is 34.5 Å². The first kappa shape index (κ1) is 17.2. The zero-order valence-electron chi connectivity index (χ0n) is 14.1. The maximum absolute atomic E-state index is 13.2. The van der Waals surface area contributed by atoms with E-state index in [-0.39, 0.29) is 11.9 Å². The van der Waals surface area contributed by atoms with Gasteiger partial charge in [-0.25, -0.2) is 0 Å². The van der Waals surface area contributed by atoms with Crippen LogP contribution in [0.2, 0.25) is 5.02 Å². The number of amides is 1. The quantitative estimate of drug-likeness (QED) is 0.587. The van der Waals surface area contributed by atoms with Gasteiger partial charge in [0, 0.05) is 17.1 Å². The van der Waals surface area contributed by atoms with E-state index in [0.29, 0.717) is 17.1 Å². The molecule has 2 nitrogen and oxygen atoms in total. The van der Waals surface area contributed by atoms with Crippen molar-refractivity contribution >= 4 is 17.5 Å². The van der Waals surface area contributed by atoms with E-state index in [1.165, 1.54) is 0 Å². The van der Waals surface area contributed by atoms with Crippen molar-refractivity contribution in [3.63, 3.8) is 0 Å². The molecule has 0 aliphatic carbocycles. The Labute approximate surface area is 153 Å². The van der Waals surface area contributed by atoms with Gasteiger partial charge >= 0.3 is 0 Å². The largest absolute Gasteiger partial charge is 0.328 e. The summed E-state index contributed by atoms with van der Waals surface area (Å²) in [6, 6.07) is 27.2. The highest BCUT2D eigenvalue weighted by Gasteiger charge is 2.26. The fourth-order valence-electron chi connectivity index (χ4n) is 3.02. The van der Waals surface area contributed by atoms with E-state index in [4.69, 9.17) is 11.6 Å². The summed E-state index contributed by atoms with van der Waals surface area (Å²) < 4.78 is 0. The van der Waals surface area contributed by atoms with Crippen molar-refractivity contribution in [2.45, 2.75) is 13.0 Å². The molecule has 0 saturated carbocycles. The lowest BCUT2D eigenvalue weighted by Gasteiger charge is -2.32. The van der Waals surface area contributed by atoms with Gasteiger partial charge in [0.25, 0.3) is 5.91 Å². The molecule has 0 spiro atoms.